The molecular formula is C21H26N2O3. The number of nitrogens with zero attached hydrogens (tertiary/aromatic N) is 2. The van der Waals surface area contributed by atoms with Crippen LogP contribution < -0.4 is 9.64 Å². The molecule has 138 valence electrons. The number of aryl methyl sites for hydroxylation is 1. The van der Waals surface area contributed by atoms with Crippen LogP contribution in [0.2, 0.25) is 0 Å². The van der Waals surface area contributed by atoms with Crippen molar-refractivity contribution in [2.24, 2.45) is 0 Å². The van der Waals surface area contributed by atoms with Crippen molar-refractivity contribution in [1.29, 1.82) is 0 Å². The van der Waals surface area contributed by atoms with Gasteiger partial charge in [-0.05, 0) is 43.2 Å². The molecule has 5 nitrogen and oxygen atoms in total. The molecule has 0 bridgehead atoms. The van der Waals surface area contributed by atoms with Crippen molar-refractivity contribution in [2.45, 2.75) is 26.0 Å². The van der Waals surface area contributed by atoms with Crippen LogP contribution in [-0.4, -0.2) is 48.7 Å². The third kappa shape index (κ3) is 4.35. The average Bonchev–Trinajstić information content (AvgIpc) is 3.17. The highest BCUT2D eigenvalue weighted by molar-refractivity contribution is 5.78. The van der Waals surface area contributed by atoms with Crippen LogP contribution in [0.15, 0.2) is 48.5 Å². The zero-order valence-corrected chi connectivity index (χ0v) is 15.4. The lowest BCUT2D eigenvalue weighted by Crippen LogP contribution is -2.38. The first-order chi connectivity index (χ1) is 12.6. The van der Waals surface area contributed by atoms with Crippen molar-refractivity contribution in [3.05, 3.63) is 59.7 Å². The van der Waals surface area contributed by atoms with Gasteiger partial charge in [0.2, 0.25) is 0 Å². The van der Waals surface area contributed by atoms with Crippen molar-refractivity contribution in [3.63, 3.8) is 0 Å². The maximum atomic E-state index is 12.4. The fourth-order valence-electron chi connectivity index (χ4n) is 3.20. The first kappa shape index (κ1) is 18.3. The van der Waals surface area contributed by atoms with Gasteiger partial charge in [0.1, 0.15) is 5.75 Å². The van der Waals surface area contributed by atoms with Gasteiger partial charge in [-0.1, -0.05) is 29.8 Å². The number of likely N-dealkylation sites (tertiary alicyclic amines) is 1. The van der Waals surface area contributed by atoms with E-state index < -0.39 is 0 Å². The van der Waals surface area contributed by atoms with Crippen LogP contribution in [0.25, 0.3) is 0 Å². The number of likely N-dealkylation sites (N-methyl/N-ethyl adjacent to an activating group) is 1. The van der Waals surface area contributed by atoms with Gasteiger partial charge in [0.15, 0.2) is 6.61 Å². The molecule has 1 atom stereocenters. The predicted octanol–water partition coefficient (Wildman–Crippen LogP) is 2.60. The first-order valence-electron chi connectivity index (χ1n) is 8.96. The normalized spacial score (nSPS) is 16.6. The number of carbonyl (C=O) groups excluding carboxylic acids is 1. The van der Waals surface area contributed by atoms with E-state index in [1.165, 1.54) is 11.3 Å². The van der Waals surface area contributed by atoms with Crippen LogP contribution in [0.1, 0.15) is 17.5 Å². The quantitative estimate of drug-likeness (QED) is 0.866. The van der Waals surface area contributed by atoms with Crippen LogP contribution in [-0.2, 0) is 11.4 Å². The SMILES string of the molecule is Cc1ccc(N(C)C2CCN(C(=O)COc3ccc(CO)cc3)C2)cc1. The van der Waals surface area contributed by atoms with E-state index in [1.807, 2.05) is 4.90 Å². The summed E-state index contributed by atoms with van der Waals surface area (Å²) in [6, 6.07) is 15.9. The van der Waals surface area contributed by atoms with Gasteiger partial charge in [-0.25, -0.2) is 0 Å². The van der Waals surface area contributed by atoms with Gasteiger partial charge in [-0.3, -0.25) is 4.79 Å². The number of rotatable bonds is 6. The molecule has 0 spiro atoms. The van der Waals surface area contributed by atoms with Crippen molar-refractivity contribution < 1.29 is 14.6 Å². The van der Waals surface area contributed by atoms with Gasteiger partial charge < -0.3 is 19.6 Å². The van der Waals surface area contributed by atoms with E-state index in [9.17, 15) is 4.79 Å². The van der Waals surface area contributed by atoms with E-state index in [1.54, 1.807) is 24.3 Å². The van der Waals surface area contributed by atoms with Gasteiger partial charge in [-0.15, -0.1) is 0 Å². The largest absolute Gasteiger partial charge is 0.484 e. The summed E-state index contributed by atoms with van der Waals surface area (Å²) in [5, 5.41) is 9.05. The molecule has 2 aromatic rings. The molecule has 2 aromatic carbocycles. The van der Waals surface area contributed by atoms with Crippen LogP contribution in [0.5, 0.6) is 5.75 Å². The van der Waals surface area contributed by atoms with E-state index >= 15 is 0 Å². The fraction of sp³-hybridized carbons (Fsp3) is 0.381. The molecule has 1 amide bonds. The van der Waals surface area contributed by atoms with E-state index in [-0.39, 0.29) is 19.1 Å². The average molecular weight is 354 g/mol. The van der Waals surface area contributed by atoms with Gasteiger partial charge in [-0.2, -0.15) is 0 Å². The lowest BCUT2D eigenvalue weighted by molar-refractivity contribution is -0.132. The monoisotopic (exact) mass is 354 g/mol. The highest BCUT2D eigenvalue weighted by Gasteiger charge is 2.29. The minimum Gasteiger partial charge on any atom is -0.484 e. The second-order valence-corrected chi connectivity index (χ2v) is 6.82. The third-order valence-corrected chi connectivity index (χ3v) is 4.97. The van der Waals surface area contributed by atoms with E-state index in [4.69, 9.17) is 9.84 Å². The van der Waals surface area contributed by atoms with Gasteiger partial charge in [0.05, 0.1) is 6.61 Å². The van der Waals surface area contributed by atoms with Crippen molar-refractivity contribution in [2.75, 3.05) is 31.6 Å². The second kappa shape index (κ2) is 8.23. The lowest BCUT2D eigenvalue weighted by atomic mass is 10.1. The molecule has 1 saturated heterocycles. The number of anilines is 1. The zero-order valence-electron chi connectivity index (χ0n) is 15.4. The minimum absolute atomic E-state index is 0.00285. The minimum atomic E-state index is 0.00285. The molecule has 1 aliphatic heterocycles. The van der Waals surface area contributed by atoms with Gasteiger partial charge >= 0.3 is 0 Å². The first-order valence-corrected chi connectivity index (χ1v) is 8.96. The topological polar surface area (TPSA) is 53.0 Å². The second-order valence-electron chi connectivity index (χ2n) is 6.82. The summed E-state index contributed by atoms with van der Waals surface area (Å²) in [4.78, 5) is 16.6. The number of aliphatic hydroxyl groups is 1. The Morgan fingerprint density at radius 3 is 2.54 bits per heavy atom. The summed E-state index contributed by atoms with van der Waals surface area (Å²) in [5.74, 6) is 0.652. The van der Waals surface area contributed by atoms with Crippen LogP contribution >= 0.6 is 0 Å². The lowest BCUT2D eigenvalue weighted by Gasteiger charge is -2.27. The summed E-state index contributed by atoms with van der Waals surface area (Å²) in [7, 11) is 2.09. The molecule has 1 aliphatic rings. The summed E-state index contributed by atoms with van der Waals surface area (Å²) < 4.78 is 5.59. The number of carbonyl (C=O) groups is 1. The predicted molar refractivity (Wildman–Crippen MR) is 102 cm³/mol. The smallest absolute Gasteiger partial charge is 0.260 e. The number of hydrogen-bond donors (Lipinski definition) is 1. The van der Waals surface area contributed by atoms with Crippen LogP contribution in [0, 0.1) is 6.92 Å². The van der Waals surface area contributed by atoms with E-state index in [0.717, 1.165) is 25.1 Å². The molecular weight excluding hydrogens is 328 g/mol. The Hall–Kier alpha value is -2.53. The molecule has 0 saturated carbocycles. The summed E-state index contributed by atoms with van der Waals surface area (Å²) in [6.07, 6.45) is 0.960. The molecule has 1 heterocycles. The Labute approximate surface area is 154 Å². The molecule has 5 heteroatoms. The molecule has 1 unspecified atom stereocenters. The highest BCUT2D eigenvalue weighted by Crippen LogP contribution is 2.22. The molecule has 0 aliphatic carbocycles. The number of benzene rings is 2. The Kier molecular flexibility index (Phi) is 5.78. The van der Waals surface area contributed by atoms with E-state index in [0.29, 0.717) is 11.8 Å². The standard InChI is InChI=1S/C21H26N2O3/c1-16-3-7-18(8-4-16)22(2)19-11-12-23(13-19)21(25)15-26-20-9-5-17(14-24)6-10-20/h3-10,19,24H,11-15H2,1-2H3. The van der Waals surface area contributed by atoms with Crippen molar-refractivity contribution in [3.8, 4) is 5.75 Å². The molecule has 0 radical (unpaired) electrons. The number of aliphatic hydroxyl groups excluding tert-OH is 1. The molecule has 3 rings (SSSR count). The fourth-order valence-corrected chi connectivity index (χ4v) is 3.20. The summed E-state index contributed by atoms with van der Waals surface area (Å²) >= 11 is 0. The Morgan fingerprint density at radius 2 is 1.88 bits per heavy atom. The number of ether oxygens (including phenoxy) is 1. The number of amides is 1. The zero-order chi connectivity index (χ0) is 18.5. The van der Waals surface area contributed by atoms with Crippen molar-refractivity contribution in [1.82, 2.24) is 4.90 Å². The van der Waals surface area contributed by atoms with Crippen molar-refractivity contribution >= 4 is 11.6 Å². The molecule has 0 aromatic heterocycles. The molecule has 26 heavy (non-hydrogen) atoms. The Bertz CT molecular complexity index is 728. The molecule has 1 fully saturated rings. The van der Waals surface area contributed by atoms with E-state index in [2.05, 4.69) is 43.1 Å². The van der Waals surface area contributed by atoms with Gasteiger partial charge in [0.25, 0.3) is 5.91 Å². The maximum Gasteiger partial charge on any atom is 0.260 e. The van der Waals surface area contributed by atoms with Crippen LogP contribution in [0.3, 0.4) is 0 Å². The summed E-state index contributed by atoms with van der Waals surface area (Å²) in [5.41, 5.74) is 3.25. The van der Waals surface area contributed by atoms with Gasteiger partial charge in [0, 0.05) is 31.9 Å². The number of hydrogen-bond acceptors (Lipinski definition) is 4. The highest BCUT2D eigenvalue weighted by atomic mass is 16.5. The third-order valence-electron chi connectivity index (χ3n) is 4.97. The van der Waals surface area contributed by atoms with Crippen LogP contribution in [0.4, 0.5) is 5.69 Å². The Balaban J connectivity index is 1.50. The Morgan fingerprint density at radius 1 is 1.19 bits per heavy atom. The maximum absolute atomic E-state index is 12.4. The summed E-state index contributed by atoms with van der Waals surface area (Å²) in [6.45, 7) is 3.60. The molecule has 1 N–H and O–H groups in total.